The van der Waals surface area contributed by atoms with Crippen LogP contribution in [-0.4, -0.2) is 12.5 Å². The van der Waals surface area contributed by atoms with Crippen molar-refractivity contribution in [1.29, 1.82) is 0 Å². The van der Waals surface area contributed by atoms with Gasteiger partial charge in [-0.1, -0.05) is 30.3 Å². The summed E-state index contributed by atoms with van der Waals surface area (Å²) in [7, 11) is 0. The van der Waals surface area contributed by atoms with Crippen molar-refractivity contribution in [3.05, 3.63) is 58.3 Å². The van der Waals surface area contributed by atoms with Crippen LogP contribution in [-0.2, 0) is 4.79 Å². The monoisotopic (exact) mass is 334 g/mol. The van der Waals surface area contributed by atoms with Gasteiger partial charge >= 0.3 is 0 Å². The summed E-state index contributed by atoms with van der Waals surface area (Å²) >= 11 is 3.13. The van der Waals surface area contributed by atoms with E-state index < -0.39 is 0 Å². The zero-order valence-electron chi connectivity index (χ0n) is 10.5. The highest BCUT2D eigenvalue weighted by molar-refractivity contribution is 9.10. The van der Waals surface area contributed by atoms with Crippen molar-refractivity contribution in [2.24, 2.45) is 0 Å². The summed E-state index contributed by atoms with van der Waals surface area (Å²) in [6.45, 7) is 0.434. The molecule has 0 bridgehead atoms. The Labute approximate surface area is 124 Å². The van der Waals surface area contributed by atoms with Gasteiger partial charge in [0.1, 0.15) is 5.82 Å². The Hall–Kier alpha value is -1.88. The van der Waals surface area contributed by atoms with Crippen molar-refractivity contribution in [2.45, 2.75) is 5.92 Å². The maximum Gasteiger partial charge on any atom is 0.233 e. The maximum absolute atomic E-state index is 13.6. The number of anilines is 2. The fraction of sp³-hybridized carbons (Fsp3) is 0.133. The summed E-state index contributed by atoms with van der Waals surface area (Å²) in [6.07, 6.45) is 0. The van der Waals surface area contributed by atoms with Crippen LogP contribution >= 0.6 is 15.9 Å². The molecule has 1 aliphatic heterocycles. The zero-order chi connectivity index (χ0) is 14.1. The molecule has 3 rings (SSSR count). The second-order valence-corrected chi connectivity index (χ2v) is 5.50. The number of hydrogen-bond donors (Lipinski definition) is 2. The van der Waals surface area contributed by atoms with Crippen LogP contribution in [0, 0.1) is 5.82 Å². The van der Waals surface area contributed by atoms with Gasteiger partial charge in [-0.2, -0.15) is 0 Å². The molecule has 0 radical (unpaired) electrons. The second-order valence-electron chi connectivity index (χ2n) is 4.65. The molecule has 0 aliphatic carbocycles. The van der Waals surface area contributed by atoms with Gasteiger partial charge in [0.25, 0.3) is 0 Å². The third kappa shape index (κ3) is 2.41. The third-order valence-electron chi connectivity index (χ3n) is 3.33. The van der Waals surface area contributed by atoms with E-state index in [-0.39, 0.29) is 17.6 Å². The lowest BCUT2D eigenvalue weighted by Gasteiger charge is -2.13. The van der Waals surface area contributed by atoms with Gasteiger partial charge in [0.2, 0.25) is 5.91 Å². The molecule has 20 heavy (non-hydrogen) atoms. The van der Waals surface area contributed by atoms with Gasteiger partial charge in [-0.25, -0.2) is 4.39 Å². The molecular weight excluding hydrogens is 323 g/mol. The fourth-order valence-corrected chi connectivity index (χ4v) is 2.62. The lowest BCUT2D eigenvalue weighted by atomic mass is 9.98. The highest BCUT2D eigenvalue weighted by Gasteiger charge is 2.25. The molecule has 102 valence electrons. The first-order valence-corrected chi connectivity index (χ1v) is 7.03. The number of benzene rings is 2. The number of hydrogen-bond acceptors (Lipinski definition) is 2. The molecule has 5 heteroatoms. The lowest BCUT2D eigenvalue weighted by molar-refractivity contribution is -0.117. The first-order chi connectivity index (χ1) is 9.65. The molecule has 0 saturated carbocycles. The van der Waals surface area contributed by atoms with Gasteiger partial charge in [0.05, 0.1) is 21.8 Å². The molecule has 0 fully saturated rings. The summed E-state index contributed by atoms with van der Waals surface area (Å²) in [5.41, 5.74) is 2.11. The topological polar surface area (TPSA) is 41.1 Å². The number of halogens is 2. The molecule has 3 nitrogen and oxygen atoms in total. The number of carbonyl (C=O) groups excluding carboxylic acids is 1. The third-order valence-corrected chi connectivity index (χ3v) is 3.94. The first kappa shape index (κ1) is 13.1. The molecule has 1 amide bonds. The molecule has 0 spiro atoms. The predicted octanol–water partition coefficient (Wildman–Crippen LogP) is 3.74. The second kappa shape index (κ2) is 5.25. The summed E-state index contributed by atoms with van der Waals surface area (Å²) in [6, 6.07) is 12.5. The number of carbonyl (C=O) groups is 1. The van der Waals surface area contributed by atoms with Gasteiger partial charge in [0.15, 0.2) is 0 Å². The Kier molecular flexibility index (Phi) is 3.44. The Morgan fingerprint density at radius 3 is 2.65 bits per heavy atom. The molecule has 1 unspecified atom stereocenters. The standard InChI is InChI=1S/C15H12BrFN2O/c16-11-6-14-13(7-12(11)17)18-8-10(15(20)19-14)9-4-2-1-3-5-9/h1-7,10,18H,8H2,(H,19,20). The van der Waals surface area contributed by atoms with Crippen LogP contribution in [0.15, 0.2) is 46.9 Å². The van der Waals surface area contributed by atoms with Crippen LogP contribution in [0.3, 0.4) is 0 Å². The SMILES string of the molecule is O=C1Nc2cc(Br)c(F)cc2NCC1c1ccccc1. The zero-order valence-corrected chi connectivity index (χ0v) is 12.1. The first-order valence-electron chi connectivity index (χ1n) is 6.24. The quantitative estimate of drug-likeness (QED) is 0.834. The minimum absolute atomic E-state index is 0.0963. The Balaban J connectivity index is 1.95. The minimum atomic E-state index is -0.358. The molecule has 0 saturated heterocycles. The molecule has 1 aliphatic rings. The summed E-state index contributed by atoms with van der Waals surface area (Å²) < 4.78 is 13.9. The van der Waals surface area contributed by atoms with Gasteiger partial charge < -0.3 is 10.6 Å². The summed E-state index contributed by atoms with van der Waals surface area (Å²) in [4.78, 5) is 12.3. The van der Waals surface area contributed by atoms with Crippen molar-refractivity contribution >= 4 is 33.2 Å². The van der Waals surface area contributed by atoms with Crippen LogP contribution in [0.4, 0.5) is 15.8 Å². The molecular formula is C15H12BrFN2O. The van der Waals surface area contributed by atoms with Crippen molar-refractivity contribution in [3.8, 4) is 0 Å². The highest BCUT2D eigenvalue weighted by Crippen LogP contribution is 2.32. The minimum Gasteiger partial charge on any atom is -0.382 e. The van der Waals surface area contributed by atoms with Gasteiger partial charge in [-0.3, -0.25) is 4.79 Å². The van der Waals surface area contributed by atoms with E-state index in [9.17, 15) is 9.18 Å². The van der Waals surface area contributed by atoms with Crippen molar-refractivity contribution in [3.63, 3.8) is 0 Å². The van der Waals surface area contributed by atoms with E-state index in [2.05, 4.69) is 26.6 Å². The van der Waals surface area contributed by atoms with E-state index in [0.717, 1.165) is 5.56 Å². The van der Waals surface area contributed by atoms with Gasteiger partial charge in [-0.15, -0.1) is 0 Å². The predicted molar refractivity (Wildman–Crippen MR) is 80.4 cm³/mol. The molecule has 1 atom stereocenters. The van der Waals surface area contributed by atoms with E-state index in [1.807, 2.05) is 30.3 Å². The maximum atomic E-state index is 13.6. The normalized spacial score (nSPS) is 17.7. The van der Waals surface area contributed by atoms with Gasteiger partial charge in [0, 0.05) is 12.6 Å². The fourth-order valence-electron chi connectivity index (χ4n) is 2.28. The summed E-state index contributed by atoms with van der Waals surface area (Å²) in [5.74, 6) is -0.755. The molecule has 0 aromatic heterocycles. The average molecular weight is 335 g/mol. The largest absolute Gasteiger partial charge is 0.382 e. The molecule has 2 aromatic carbocycles. The number of rotatable bonds is 1. The lowest BCUT2D eigenvalue weighted by Crippen LogP contribution is -2.23. The summed E-state index contributed by atoms with van der Waals surface area (Å²) in [5, 5.41) is 5.97. The van der Waals surface area contributed by atoms with Gasteiger partial charge in [-0.05, 0) is 27.6 Å². The van der Waals surface area contributed by atoms with E-state index in [1.54, 1.807) is 6.07 Å². The van der Waals surface area contributed by atoms with Crippen molar-refractivity contribution < 1.29 is 9.18 Å². The van der Waals surface area contributed by atoms with Crippen LogP contribution < -0.4 is 10.6 Å². The molecule has 1 heterocycles. The van der Waals surface area contributed by atoms with E-state index in [4.69, 9.17) is 0 Å². The smallest absolute Gasteiger partial charge is 0.233 e. The van der Waals surface area contributed by atoms with Crippen LogP contribution in [0.2, 0.25) is 0 Å². The Morgan fingerprint density at radius 1 is 1.15 bits per heavy atom. The molecule has 2 N–H and O–H groups in total. The number of nitrogens with one attached hydrogen (secondary N) is 2. The van der Waals surface area contributed by atoms with Crippen LogP contribution in [0.25, 0.3) is 0 Å². The Morgan fingerprint density at radius 2 is 1.90 bits per heavy atom. The number of amides is 1. The molecule has 2 aromatic rings. The van der Waals surface area contributed by atoms with Crippen molar-refractivity contribution in [1.82, 2.24) is 0 Å². The number of fused-ring (bicyclic) bond motifs is 1. The highest BCUT2D eigenvalue weighted by atomic mass is 79.9. The van der Waals surface area contributed by atoms with Crippen LogP contribution in [0.1, 0.15) is 11.5 Å². The van der Waals surface area contributed by atoms with E-state index in [0.29, 0.717) is 22.4 Å². The van der Waals surface area contributed by atoms with Crippen molar-refractivity contribution in [2.75, 3.05) is 17.2 Å². The van der Waals surface area contributed by atoms with E-state index in [1.165, 1.54) is 6.07 Å². The Bertz CT molecular complexity index is 660. The van der Waals surface area contributed by atoms with E-state index >= 15 is 0 Å². The van der Waals surface area contributed by atoms with Crippen LogP contribution in [0.5, 0.6) is 0 Å². The average Bonchev–Trinajstić information content (AvgIpc) is 2.59.